The largest absolute Gasteiger partial charge is 0.508 e. The Morgan fingerprint density at radius 1 is 1.17 bits per heavy atom. The molecule has 1 heterocycles. The zero-order valence-corrected chi connectivity index (χ0v) is 17.9. The predicted molar refractivity (Wildman–Crippen MR) is 118 cm³/mol. The molecule has 1 saturated carbocycles. The van der Waals surface area contributed by atoms with Crippen molar-refractivity contribution in [1.82, 2.24) is 9.55 Å². The van der Waals surface area contributed by atoms with Gasteiger partial charge in [0.15, 0.2) is 0 Å². The third-order valence-corrected chi connectivity index (χ3v) is 6.31. The Labute approximate surface area is 177 Å². The van der Waals surface area contributed by atoms with Gasteiger partial charge in [-0.2, -0.15) is 0 Å². The van der Waals surface area contributed by atoms with Crippen LogP contribution in [0.25, 0.3) is 22.4 Å². The molecule has 158 valence electrons. The number of aromatic nitrogens is 2. The van der Waals surface area contributed by atoms with Crippen LogP contribution >= 0.6 is 0 Å². The Morgan fingerprint density at radius 2 is 1.90 bits per heavy atom. The minimum Gasteiger partial charge on any atom is -0.508 e. The minimum atomic E-state index is -0.220. The maximum Gasteiger partial charge on any atom is 0.326 e. The lowest BCUT2D eigenvalue weighted by Crippen LogP contribution is -2.36. The summed E-state index contributed by atoms with van der Waals surface area (Å²) < 4.78 is 7.96. The number of phenolic OH excluding ortho intramolecular Hbond substituents is 1. The Hall–Kier alpha value is -2.82. The van der Waals surface area contributed by atoms with Crippen molar-refractivity contribution < 1.29 is 14.6 Å². The molecule has 0 bridgehead atoms. The molecule has 4 rings (SSSR count). The molecule has 0 aliphatic heterocycles. The topological polar surface area (TPSA) is 64.3 Å². The number of benzene rings is 2. The van der Waals surface area contributed by atoms with E-state index in [4.69, 9.17) is 9.72 Å². The average molecular weight is 407 g/mol. The molecule has 1 aliphatic carbocycles. The Bertz CT molecular complexity index is 1020. The monoisotopic (exact) mass is 406 g/mol. The third-order valence-electron chi connectivity index (χ3n) is 6.31. The minimum absolute atomic E-state index is 0.0202. The lowest BCUT2D eigenvalue weighted by molar-refractivity contribution is -0.156. The van der Waals surface area contributed by atoms with Crippen LogP contribution in [0, 0.1) is 17.8 Å². The molecule has 2 aromatic carbocycles. The van der Waals surface area contributed by atoms with Crippen LogP contribution in [0.3, 0.4) is 0 Å². The molecule has 1 N–H and O–H groups in total. The van der Waals surface area contributed by atoms with Gasteiger partial charge in [0.2, 0.25) is 0 Å². The number of esters is 1. The second-order valence-corrected chi connectivity index (χ2v) is 8.91. The van der Waals surface area contributed by atoms with Crippen molar-refractivity contribution >= 4 is 17.0 Å². The number of phenols is 1. The van der Waals surface area contributed by atoms with E-state index in [9.17, 15) is 9.90 Å². The van der Waals surface area contributed by atoms with Crippen LogP contribution < -0.4 is 0 Å². The quantitative estimate of drug-likeness (QED) is 0.575. The molecule has 30 heavy (non-hydrogen) atoms. The number of fused-ring (bicyclic) bond motifs is 1. The Kier molecular flexibility index (Phi) is 5.80. The van der Waals surface area contributed by atoms with Gasteiger partial charge in [-0.3, -0.25) is 4.79 Å². The first-order chi connectivity index (χ1) is 14.4. The predicted octanol–water partition coefficient (Wildman–Crippen LogP) is 5.41. The van der Waals surface area contributed by atoms with E-state index in [1.165, 1.54) is 6.42 Å². The molecular formula is C25H30N2O3. The molecule has 0 saturated heterocycles. The number of ether oxygens (including phenoxy) is 1. The van der Waals surface area contributed by atoms with Gasteiger partial charge in [0, 0.05) is 5.56 Å². The summed E-state index contributed by atoms with van der Waals surface area (Å²) in [6.07, 6.45) is 3.23. The van der Waals surface area contributed by atoms with Crippen LogP contribution in [0.4, 0.5) is 0 Å². The number of aromatic hydroxyl groups is 1. The first-order valence-electron chi connectivity index (χ1n) is 10.9. The van der Waals surface area contributed by atoms with Crippen molar-refractivity contribution in [3.63, 3.8) is 0 Å². The van der Waals surface area contributed by atoms with E-state index in [1.54, 1.807) is 12.1 Å². The summed E-state index contributed by atoms with van der Waals surface area (Å²) in [5, 5.41) is 9.63. The lowest BCUT2D eigenvalue weighted by Gasteiger charge is -2.36. The maximum absolute atomic E-state index is 13.0. The van der Waals surface area contributed by atoms with Gasteiger partial charge in [0.25, 0.3) is 0 Å². The van der Waals surface area contributed by atoms with Gasteiger partial charge in [-0.15, -0.1) is 0 Å². The lowest BCUT2D eigenvalue weighted by atomic mass is 9.75. The number of hydrogen-bond donors (Lipinski definition) is 1. The van der Waals surface area contributed by atoms with Gasteiger partial charge in [-0.05, 0) is 67.0 Å². The zero-order chi connectivity index (χ0) is 21.3. The molecule has 3 unspecified atom stereocenters. The van der Waals surface area contributed by atoms with Gasteiger partial charge < -0.3 is 14.4 Å². The number of rotatable bonds is 5. The summed E-state index contributed by atoms with van der Waals surface area (Å²) in [5.41, 5.74) is 2.58. The Morgan fingerprint density at radius 3 is 2.63 bits per heavy atom. The molecule has 0 radical (unpaired) electrons. The SMILES string of the molecule is CC1CCC(C(C)C)C(OC(=O)Cn2c(-c3ccc(O)cc3)nc3ccccc32)C1. The summed E-state index contributed by atoms with van der Waals surface area (Å²) in [6.45, 7) is 6.79. The molecule has 5 heteroatoms. The second-order valence-electron chi connectivity index (χ2n) is 8.91. The summed E-state index contributed by atoms with van der Waals surface area (Å²) in [4.78, 5) is 17.8. The number of nitrogens with zero attached hydrogens (tertiary/aromatic N) is 2. The normalized spacial score (nSPS) is 21.8. The molecule has 3 atom stereocenters. The van der Waals surface area contributed by atoms with Crippen LogP contribution in [0.5, 0.6) is 5.75 Å². The van der Waals surface area contributed by atoms with Gasteiger partial charge in [-0.1, -0.05) is 39.3 Å². The first kappa shape index (κ1) is 20.5. The molecule has 1 aliphatic rings. The van der Waals surface area contributed by atoms with Gasteiger partial charge in [0.1, 0.15) is 24.2 Å². The van der Waals surface area contributed by atoms with Gasteiger partial charge in [-0.25, -0.2) is 4.98 Å². The van der Waals surface area contributed by atoms with E-state index >= 15 is 0 Å². The highest BCUT2D eigenvalue weighted by molar-refractivity contribution is 5.83. The smallest absolute Gasteiger partial charge is 0.326 e. The second kappa shape index (κ2) is 8.50. The number of hydrogen-bond acceptors (Lipinski definition) is 4. The molecule has 1 fully saturated rings. The molecule has 0 amide bonds. The fourth-order valence-electron chi connectivity index (χ4n) is 4.65. The van der Waals surface area contributed by atoms with Crippen molar-refractivity contribution in [1.29, 1.82) is 0 Å². The van der Waals surface area contributed by atoms with E-state index in [2.05, 4.69) is 20.8 Å². The van der Waals surface area contributed by atoms with Crippen molar-refractivity contribution in [2.45, 2.75) is 52.7 Å². The Balaban J connectivity index is 1.62. The fourth-order valence-corrected chi connectivity index (χ4v) is 4.65. The molecule has 3 aromatic rings. The maximum atomic E-state index is 13.0. The van der Waals surface area contributed by atoms with Crippen LogP contribution in [-0.4, -0.2) is 26.7 Å². The number of imidazole rings is 1. The van der Waals surface area contributed by atoms with Crippen molar-refractivity contribution in [2.24, 2.45) is 17.8 Å². The first-order valence-corrected chi connectivity index (χ1v) is 10.9. The highest BCUT2D eigenvalue weighted by Crippen LogP contribution is 2.35. The van der Waals surface area contributed by atoms with Crippen LogP contribution in [0.1, 0.15) is 40.0 Å². The van der Waals surface area contributed by atoms with Gasteiger partial charge >= 0.3 is 5.97 Å². The third kappa shape index (κ3) is 4.20. The fraction of sp³-hybridized carbons (Fsp3) is 0.440. The van der Waals surface area contributed by atoms with Crippen LogP contribution in [0.2, 0.25) is 0 Å². The summed E-state index contributed by atoms with van der Waals surface area (Å²) in [7, 11) is 0. The van der Waals surface area contributed by atoms with Crippen molar-refractivity contribution in [2.75, 3.05) is 0 Å². The van der Waals surface area contributed by atoms with Gasteiger partial charge in [0.05, 0.1) is 11.0 Å². The molecule has 0 spiro atoms. The van der Waals surface area contributed by atoms with Crippen molar-refractivity contribution in [3.05, 3.63) is 48.5 Å². The standard InChI is InChI=1S/C25H30N2O3/c1-16(2)20-13-8-17(3)14-23(20)30-24(29)15-27-22-7-5-4-6-21(22)26-25(27)18-9-11-19(28)12-10-18/h4-7,9-12,16-17,20,23,28H,8,13-15H2,1-3H3. The average Bonchev–Trinajstić information content (AvgIpc) is 3.07. The summed E-state index contributed by atoms with van der Waals surface area (Å²) >= 11 is 0. The number of para-hydroxylation sites is 2. The molecule has 1 aromatic heterocycles. The highest BCUT2D eigenvalue weighted by atomic mass is 16.5. The van der Waals surface area contributed by atoms with Crippen LogP contribution in [-0.2, 0) is 16.1 Å². The van der Waals surface area contributed by atoms with E-state index in [1.807, 2.05) is 41.0 Å². The molecular weight excluding hydrogens is 376 g/mol. The van der Waals surface area contributed by atoms with Crippen molar-refractivity contribution in [3.8, 4) is 17.1 Å². The van der Waals surface area contributed by atoms with E-state index in [-0.39, 0.29) is 24.4 Å². The highest BCUT2D eigenvalue weighted by Gasteiger charge is 2.33. The summed E-state index contributed by atoms with van der Waals surface area (Å²) in [6, 6.07) is 14.7. The molecule has 5 nitrogen and oxygen atoms in total. The van der Waals surface area contributed by atoms with Crippen LogP contribution in [0.15, 0.2) is 48.5 Å². The number of carbonyl (C=O) groups excluding carboxylic acids is 1. The van der Waals surface area contributed by atoms with E-state index in [0.717, 1.165) is 29.4 Å². The van der Waals surface area contributed by atoms with E-state index < -0.39 is 0 Å². The van der Waals surface area contributed by atoms with E-state index in [0.29, 0.717) is 23.6 Å². The number of carbonyl (C=O) groups is 1. The zero-order valence-electron chi connectivity index (χ0n) is 17.9. The summed E-state index contributed by atoms with van der Waals surface area (Å²) in [5.74, 6) is 2.18.